The molecule has 0 aliphatic heterocycles. The van der Waals surface area contributed by atoms with Crippen molar-refractivity contribution < 1.29 is 17.9 Å². The van der Waals surface area contributed by atoms with Crippen LogP contribution in [0.25, 0.3) is 0 Å². The van der Waals surface area contributed by atoms with Gasteiger partial charge in [-0.05, 0) is 45.2 Å². The van der Waals surface area contributed by atoms with E-state index in [0.717, 1.165) is 30.5 Å². The highest BCUT2D eigenvalue weighted by Crippen LogP contribution is 2.33. The number of ether oxygens (including phenoxy) is 2. The van der Waals surface area contributed by atoms with Crippen LogP contribution in [0.15, 0.2) is 29.3 Å². The number of sulfonamides is 1. The van der Waals surface area contributed by atoms with E-state index in [0.29, 0.717) is 24.7 Å². The summed E-state index contributed by atoms with van der Waals surface area (Å²) < 4.78 is 41.5. The van der Waals surface area contributed by atoms with Crippen LogP contribution in [0.4, 0.5) is 0 Å². The van der Waals surface area contributed by atoms with Gasteiger partial charge in [0.05, 0.1) is 30.3 Å². The van der Waals surface area contributed by atoms with Gasteiger partial charge in [0.15, 0.2) is 11.5 Å². The Morgan fingerprint density at radius 1 is 1.23 bits per heavy atom. The van der Waals surface area contributed by atoms with E-state index in [9.17, 15) is 8.42 Å². The minimum absolute atomic E-state index is 0.167. The molecule has 1 N–H and O–H groups in total. The normalized spacial score (nSPS) is 17.0. The van der Waals surface area contributed by atoms with Crippen LogP contribution in [0.2, 0.25) is 0 Å². The Morgan fingerprint density at radius 2 is 1.96 bits per heavy atom. The number of hydrogen-bond donors (Lipinski definition) is 1. The smallest absolute Gasteiger partial charge is 0.241 e. The first-order valence-corrected chi connectivity index (χ1v) is 10.4. The molecule has 1 aromatic carbocycles. The van der Waals surface area contributed by atoms with Gasteiger partial charge in [-0.2, -0.15) is 5.10 Å². The van der Waals surface area contributed by atoms with E-state index in [1.165, 1.54) is 6.07 Å². The van der Waals surface area contributed by atoms with E-state index in [1.807, 2.05) is 25.6 Å². The molecule has 0 bridgehead atoms. The Kier molecular flexibility index (Phi) is 5.52. The van der Waals surface area contributed by atoms with Crippen molar-refractivity contribution >= 4 is 10.0 Å². The Morgan fingerprint density at radius 3 is 2.69 bits per heavy atom. The van der Waals surface area contributed by atoms with Crippen LogP contribution in [-0.2, 0) is 23.5 Å². The summed E-state index contributed by atoms with van der Waals surface area (Å²) in [7, 11) is -1.80. The lowest BCUT2D eigenvalue weighted by Crippen LogP contribution is -2.31. The van der Waals surface area contributed by atoms with Crippen molar-refractivity contribution in [2.75, 3.05) is 13.2 Å². The summed E-state index contributed by atoms with van der Waals surface area (Å²) >= 11 is 0. The number of hydrogen-bond acceptors (Lipinski definition) is 5. The first kappa shape index (κ1) is 18.7. The number of rotatable bonds is 7. The summed E-state index contributed by atoms with van der Waals surface area (Å²) in [6.07, 6.45) is 4.35. The average molecular weight is 379 g/mol. The number of nitrogens with zero attached hydrogens (tertiary/aromatic N) is 2. The van der Waals surface area contributed by atoms with Crippen LogP contribution < -0.4 is 14.2 Å². The number of aryl methyl sites for hydroxylation is 1. The molecule has 26 heavy (non-hydrogen) atoms. The highest BCUT2D eigenvalue weighted by molar-refractivity contribution is 7.89. The SMILES string of the molecule is CCOc1ccc(S(=O)(=O)NC2CCCc3c2cnn3C)cc1OCC. The summed E-state index contributed by atoms with van der Waals surface area (Å²) in [5.41, 5.74) is 2.05. The Bertz CT molecular complexity index is 877. The molecule has 2 aromatic rings. The molecule has 0 spiro atoms. The molecule has 8 heteroatoms. The number of benzene rings is 1. The quantitative estimate of drug-likeness (QED) is 0.799. The molecule has 3 rings (SSSR count). The lowest BCUT2D eigenvalue weighted by Gasteiger charge is -2.24. The van der Waals surface area contributed by atoms with Crippen molar-refractivity contribution in [3.63, 3.8) is 0 Å². The maximum Gasteiger partial charge on any atom is 0.241 e. The lowest BCUT2D eigenvalue weighted by molar-refractivity contribution is 0.287. The van der Waals surface area contributed by atoms with Gasteiger partial charge in [-0.1, -0.05) is 0 Å². The minimum atomic E-state index is -3.69. The van der Waals surface area contributed by atoms with Crippen molar-refractivity contribution in [3.05, 3.63) is 35.7 Å². The van der Waals surface area contributed by atoms with Gasteiger partial charge in [-0.3, -0.25) is 4.68 Å². The van der Waals surface area contributed by atoms with Gasteiger partial charge in [0.2, 0.25) is 10.0 Å². The first-order chi connectivity index (χ1) is 12.5. The van der Waals surface area contributed by atoms with Crippen molar-refractivity contribution in [2.24, 2.45) is 7.05 Å². The molecule has 1 aliphatic carbocycles. The van der Waals surface area contributed by atoms with Gasteiger partial charge in [0.1, 0.15) is 0 Å². The van der Waals surface area contributed by atoms with Crippen LogP contribution in [-0.4, -0.2) is 31.4 Å². The molecule has 0 saturated carbocycles. The van der Waals surface area contributed by atoms with Crippen LogP contribution in [0, 0.1) is 0 Å². The number of aromatic nitrogens is 2. The van der Waals surface area contributed by atoms with E-state index in [1.54, 1.807) is 18.3 Å². The highest BCUT2D eigenvalue weighted by Gasteiger charge is 2.28. The third-order valence-corrected chi connectivity index (χ3v) is 5.97. The van der Waals surface area contributed by atoms with E-state index >= 15 is 0 Å². The second kappa shape index (κ2) is 7.67. The second-order valence-corrected chi connectivity index (χ2v) is 7.92. The maximum atomic E-state index is 12.9. The largest absolute Gasteiger partial charge is 0.490 e. The van der Waals surface area contributed by atoms with Crippen molar-refractivity contribution in [1.29, 1.82) is 0 Å². The zero-order chi connectivity index (χ0) is 18.7. The topological polar surface area (TPSA) is 82.5 Å². The molecule has 1 unspecified atom stereocenters. The van der Waals surface area contributed by atoms with Gasteiger partial charge in [0.25, 0.3) is 0 Å². The molecule has 0 amide bonds. The Labute approximate surface area is 154 Å². The molecule has 142 valence electrons. The average Bonchev–Trinajstić information content (AvgIpc) is 2.99. The Balaban J connectivity index is 1.88. The molecule has 0 saturated heterocycles. The molecule has 0 radical (unpaired) electrons. The fourth-order valence-corrected chi connectivity index (χ4v) is 4.55. The number of fused-ring (bicyclic) bond motifs is 1. The lowest BCUT2D eigenvalue weighted by atomic mass is 9.94. The van der Waals surface area contributed by atoms with Gasteiger partial charge < -0.3 is 9.47 Å². The minimum Gasteiger partial charge on any atom is -0.490 e. The van der Waals surface area contributed by atoms with Gasteiger partial charge in [-0.25, -0.2) is 13.1 Å². The molecular formula is C18H25N3O4S. The Hall–Kier alpha value is -2.06. The molecule has 1 aromatic heterocycles. The predicted molar refractivity (Wildman–Crippen MR) is 98.0 cm³/mol. The predicted octanol–water partition coefficient (Wildman–Crippen LogP) is 2.57. The van der Waals surface area contributed by atoms with Gasteiger partial charge in [-0.15, -0.1) is 0 Å². The van der Waals surface area contributed by atoms with E-state index in [4.69, 9.17) is 9.47 Å². The van der Waals surface area contributed by atoms with Crippen molar-refractivity contribution in [2.45, 2.75) is 44.0 Å². The van der Waals surface area contributed by atoms with Crippen molar-refractivity contribution in [3.8, 4) is 11.5 Å². The van der Waals surface area contributed by atoms with Crippen LogP contribution >= 0.6 is 0 Å². The number of nitrogens with one attached hydrogen (secondary N) is 1. The monoisotopic (exact) mass is 379 g/mol. The molecule has 0 fully saturated rings. The van der Waals surface area contributed by atoms with E-state index in [-0.39, 0.29) is 10.9 Å². The summed E-state index contributed by atoms with van der Waals surface area (Å²) in [6, 6.07) is 4.44. The fourth-order valence-electron chi connectivity index (χ4n) is 3.28. The summed E-state index contributed by atoms with van der Waals surface area (Å²) in [4.78, 5) is 0.167. The second-order valence-electron chi connectivity index (χ2n) is 6.21. The highest BCUT2D eigenvalue weighted by atomic mass is 32.2. The van der Waals surface area contributed by atoms with Crippen LogP contribution in [0.3, 0.4) is 0 Å². The molecule has 1 heterocycles. The van der Waals surface area contributed by atoms with E-state index in [2.05, 4.69) is 9.82 Å². The fraction of sp³-hybridized carbons (Fsp3) is 0.500. The standard InChI is InChI=1S/C18H25N3O4S/c1-4-24-17-10-9-13(11-18(17)25-5-2)26(22,23)20-15-7-6-8-16-14(15)12-19-21(16)3/h9-12,15,20H,4-8H2,1-3H3. The molecule has 1 aliphatic rings. The van der Waals surface area contributed by atoms with Crippen molar-refractivity contribution in [1.82, 2.24) is 14.5 Å². The molecule has 1 atom stereocenters. The zero-order valence-electron chi connectivity index (χ0n) is 15.4. The van der Waals surface area contributed by atoms with E-state index < -0.39 is 10.0 Å². The first-order valence-electron chi connectivity index (χ1n) is 8.89. The summed E-state index contributed by atoms with van der Waals surface area (Å²) in [5, 5.41) is 4.27. The third kappa shape index (κ3) is 3.71. The van der Waals surface area contributed by atoms with Crippen LogP contribution in [0.1, 0.15) is 44.0 Å². The molecule has 7 nitrogen and oxygen atoms in total. The molecular weight excluding hydrogens is 354 g/mol. The van der Waals surface area contributed by atoms with Gasteiger partial charge in [0, 0.05) is 24.4 Å². The third-order valence-electron chi connectivity index (χ3n) is 4.50. The van der Waals surface area contributed by atoms with Crippen LogP contribution in [0.5, 0.6) is 11.5 Å². The summed E-state index contributed by atoms with van der Waals surface area (Å²) in [5.74, 6) is 0.975. The maximum absolute atomic E-state index is 12.9. The van der Waals surface area contributed by atoms with Gasteiger partial charge >= 0.3 is 0 Å². The summed E-state index contributed by atoms with van der Waals surface area (Å²) in [6.45, 7) is 4.63. The zero-order valence-corrected chi connectivity index (χ0v) is 16.2.